The van der Waals surface area contributed by atoms with Crippen LogP contribution in [-0.4, -0.2) is 22.8 Å². The summed E-state index contributed by atoms with van der Waals surface area (Å²) in [6.07, 6.45) is 0.185. The molecule has 0 saturated carbocycles. The molecule has 0 amide bonds. The molecule has 4 nitrogen and oxygen atoms in total. The first-order valence-electron chi connectivity index (χ1n) is 4.87. The SMILES string of the molecule is CC(C)(C)[Si](C)(C)CCC(=O)OS(=O)[O-].[H-].[Li+]. The van der Waals surface area contributed by atoms with Crippen molar-refractivity contribution < 1.29 is 38.0 Å². The predicted octanol–water partition coefficient (Wildman–Crippen LogP) is -0.661. The van der Waals surface area contributed by atoms with Crippen LogP contribution >= 0.6 is 0 Å². The van der Waals surface area contributed by atoms with E-state index in [9.17, 15) is 13.6 Å². The van der Waals surface area contributed by atoms with Crippen molar-refractivity contribution in [2.24, 2.45) is 0 Å². The van der Waals surface area contributed by atoms with E-state index in [-0.39, 0.29) is 31.7 Å². The summed E-state index contributed by atoms with van der Waals surface area (Å²) in [6, 6.07) is 0.743. The Morgan fingerprint density at radius 3 is 2.19 bits per heavy atom. The third kappa shape index (κ3) is 6.87. The predicted molar refractivity (Wildman–Crippen MR) is 62.7 cm³/mol. The molecule has 0 bridgehead atoms. The molecule has 0 aliphatic carbocycles. The summed E-state index contributed by atoms with van der Waals surface area (Å²) < 4.78 is 24.3. The van der Waals surface area contributed by atoms with Gasteiger partial charge in [0.25, 0.3) is 0 Å². The van der Waals surface area contributed by atoms with E-state index in [0.29, 0.717) is 0 Å². The summed E-state index contributed by atoms with van der Waals surface area (Å²) in [5, 5.41) is 0.198. The summed E-state index contributed by atoms with van der Waals surface area (Å²) >= 11 is -2.73. The third-order valence-corrected chi connectivity index (χ3v) is 9.03. The van der Waals surface area contributed by atoms with Gasteiger partial charge in [0.2, 0.25) is 0 Å². The molecule has 0 aromatic carbocycles. The van der Waals surface area contributed by atoms with Crippen molar-refractivity contribution in [2.75, 3.05) is 0 Å². The normalized spacial score (nSPS) is 13.9. The van der Waals surface area contributed by atoms with Crippen LogP contribution < -0.4 is 18.9 Å². The second-order valence-electron chi connectivity index (χ2n) is 5.29. The smallest absolute Gasteiger partial charge is 1.00 e. The summed E-state index contributed by atoms with van der Waals surface area (Å²) in [4.78, 5) is 11.0. The van der Waals surface area contributed by atoms with E-state index in [0.717, 1.165) is 6.04 Å². The van der Waals surface area contributed by atoms with E-state index in [1.807, 2.05) is 0 Å². The van der Waals surface area contributed by atoms with Crippen molar-refractivity contribution in [1.29, 1.82) is 0 Å². The van der Waals surface area contributed by atoms with Crippen molar-refractivity contribution in [1.82, 2.24) is 0 Å². The molecule has 0 fully saturated rings. The van der Waals surface area contributed by atoms with Crippen molar-refractivity contribution in [3.8, 4) is 0 Å². The van der Waals surface area contributed by atoms with Crippen LogP contribution in [0.25, 0.3) is 0 Å². The van der Waals surface area contributed by atoms with Crippen LogP contribution in [0.15, 0.2) is 0 Å². The van der Waals surface area contributed by atoms with E-state index in [1.54, 1.807) is 0 Å². The van der Waals surface area contributed by atoms with Gasteiger partial charge in [-0.25, -0.2) is 4.21 Å². The molecule has 0 aliphatic heterocycles. The molecule has 0 N–H and O–H groups in total. The number of hydrogen-bond donors (Lipinski definition) is 0. The topological polar surface area (TPSA) is 66.4 Å². The van der Waals surface area contributed by atoms with Gasteiger partial charge in [0.15, 0.2) is 0 Å². The molecule has 0 aliphatic rings. The van der Waals surface area contributed by atoms with Gasteiger partial charge in [0.05, 0.1) is 8.07 Å². The molecule has 92 valence electrons. The van der Waals surface area contributed by atoms with Crippen LogP contribution in [0.1, 0.15) is 28.6 Å². The second kappa shape index (κ2) is 6.97. The van der Waals surface area contributed by atoms with Crippen LogP contribution in [0.4, 0.5) is 0 Å². The Balaban J connectivity index is -0.000000980. The van der Waals surface area contributed by atoms with Gasteiger partial charge < -0.3 is 10.2 Å². The zero-order chi connectivity index (χ0) is 12.3. The molecule has 1 unspecified atom stereocenters. The average molecular weight is 259 g/mol. The van der Waals surface area contributed by atoms with Gasteiger partial charge in [0.1, 0.15) is 11.4 Å². The molecule has 0 radical (unpaired) electrons. The van der Waals surface area contributed by atoms with Crippen LogP contribution in [0.3, 0.4) is 0 Å². The van der Waals surface area contributed by atoms with Crippen LogP contribution in [-0.2, 0) is 20.3 Å². The van der Waals surface area contributed by atoms with Gasteiger partial charge in [-0.05, 0) is 11.1 Å². The van der Waals surface area contributed by atoms with Gasteiger partial charge in [-0.2, -0.15) is 0 Å². The summed E-state index contributed by atoms with van der Waals surface area (Å²) in [6.45, 7) is 10.8. The van der Waals surface area contributed by atoms with Crippen LogP contribution in [0.2, 0.25) is 24.2 Å². The Morgan fingerprint density at radius 2 is 1.88 bits per heavy atom. The number of carbonyl (C=O) groups is 1. The summed E-state index contributed by atoms with van der Waals surface area (Å²) in [5.41, 5.74) is 0. The summed E-state index contributed by atoms with van der Waals surface area (Å²) in [7, 11) is -1.52. The fraction of sp³-hybridized carbons (Fsp3) is 0.889. The largest absolute Gasteiger partial charge is 1.00 e. The minimum absolute atomic E-state index is 0. The molecule has 0 spiro atoms. The van der Waals surface area contributed by atoms with Crippen molar-refractivity contribution in [3.63, 3.8) is 0 Å². The maximum Gasteiger partial charge on any atom is 1.00 e. The molecule has 0 aromatic heterocycles. The third-order valence-electron chi connectivity index (χ3n) is 3.15. The van der Waals surface area contributed by atoms with Gasteiger partial charge in [-0.15, -0.1) is 0 Å². The molecule has 0 rings (SSSR count). The molecule has 16 heavy (non-hydrogen) atoms. The average Bonchev–Trinajstić information content (AvgIpc) is 1.97. The van der Waals surface area contributed by atoms with E-state index >= 15 is 0 Å². The standard InChI is InChI=1S/C9H20O4SSi.Li.H/c1-9(2,3)15(4,5)7-6-8(10)13-14(11)12;;/h6-7H2,1-5H3,(H,11,12);;/q;+1;-1/p-1. The molecule has 7 heteroatoms. The maximum absolute atomic E-state index is 11.0. The number of rotatable bonds is 4. The Kier molecular flexibility index (Phi) is 8.17. The maximum atomic E-state index is 11.0. The van der Waals surface area contributed by atoms with E-state index in [4.69, 9.17) is 0 Å². The summed E-state index contributed by atoms with van der Waals surface area (Å²) in [5.74, 6) is -0.659. The van der Waals surface area contributed by atoms with Crippen molar-refractivity contribution in [3.05, 3.63) is 0 Å². The van der Waals surface area contributed by atoms with E-state index < -0.39 is 25.4 Å². The van der Waals surface area contributed by atoms with Crippen molar-refractivity contribution >= 4 is 25.4 Å². The van der Waals surface area contributed by atoms with Crippen LogP contribution in [0.5, 0.6) is 0 Å². The molecule has 0 aromatic rings. The quantitative estimate of drug-likeness (QED) is 0.496. The zero-order valence-corrected chi connectivity index (χ0v) is 12.8. The van der Waals surface area contributed by atoms with E-state index in [1.165, 1.54) is 0 Å². The second-order valence-corrected chi connectivity index (χ2v) is 11.6. The van der Waals surface area contributed by atoms with Crippen LogP contribution in [0, 0.1) is 0 Å². The van der Waals surface area contributed by atoms with Gasteiger partial charge >= 0.3 is 24.8 Å². The van der Waals surface area contributed by atoms with E-state index in [2.05, 4.69) is 38.0 Å². The molecule has 0 saturated heterocycles. The molecular weight excluding hydrogens is 239 g/mol. The number of hydrogen-bond acceptors (Lipinski definition) is 4. The molecular formula is C9H20LiO4SSi-. The Morgan fingerprint density at radius 1 is 1.44 bits per heavy atom. The molecule has 1 atom stereocenters. The monoisotopic (exact) mass is 259 g/mol. The Hall–Kier alpha value is 0.394. The first-order valence-corrected chi connectivity index (χ1v) is 9.07. The van der Waals surface area contributed by atoms with Gasteiger partial charge in [-0.3, -0.25) is 4.79 Å². The van der Waals surface area contributed by atoms with Gasteiger partial charge in [-0.1, -0.05) is 33.9 Å². The zero-order valence-electron chi connectivity index (χ0n) is 12.0. The van der Waals surface area contributed by atoms with Gasteiger partial charge in [0, 0.05) is 6.42 Å². The number of carbonyl (C=O) groups excluding carboxylic acids is 1. The first kappa shape index (κ1) is 18.8. The molecule has 0 heterocycles. The minimum atomic E-state index is -2.73. The Labute approximate surface area is 115 Å². The fourth-order valence-corrected chi connectivity index (χ4v) is 2.72. The Bertz CT molecular complexity index is 268. The fourth-order valence-electron chi connectivity index (χ4n) is 0.907. The van der Waals surface area contributed by atoms with Crippen molar-refractivity contribution in [2.45, 2.75) is 51.4 Å². The first-order chi connectivity index (χ1) is 6.56. The minimum Gasteiger partial charge on any atom is -1.00 e.